The second-order valence-corrected chi connectivity index (χ2v) is 4.85. The smallest absolute Gasteiger partial charge is 0.292 e. The molecule has 112 valence electrons. The van der Waals surface area contributed by atoms with Crippen molar-refractivity contribution < 1.29 is 4.92 Å². The van der Waals surface area contributed by atoms with E-state index in [9.17, 15) is 10.1 Å². The van der Waals surface area contributed by atoms with Crippen molar-refractivity contribution in [3.63, 3.8) is 0 Å². The van der Waals surface area contributed by atoms with Crippen LogP contribution < -0.4 is 5.32 Å². The van der Waals surface area contributed by atoms with Gasteiger partial charge in [0, 0.05) is 18.8 Å². The van der Waals surface area contributed by atoms with Gasteiger partial charge in [-0.2, -0.15) is 5.10 Å². The average molecular weight is 288 g/mol. The van der Waals surface area contributed by atoms with Gasteiger partial charge < -0.3 is 5.32 Å². The minimum absolute atomic E-state index is 0.0934. The molecule has 0 unspecified atom stereocenters. The molecule has 2 rings (SSSR count). The molecule has 21 heavy (non-hydrogen) atoms. The zero-order chi connectivity index (χ0) is 15.4. The fourth-order valence-electron chi connectivity index (χ4n) is 2.32. The van der Waals surface area contributed by atoms with Crippen molar-refractivity contribution in [1.29, 1.82) is 0 Å². The Morgan fingerprint density at radius 2 is 2.05 bits per heavy atom. The summed E-state index contributed by atoms with van der Waals surface area (Å²) < 4.78 is 1.93. The zero-order valence-electron chi connectivity index (χ0n) is 12.6. The molecule has 6 heteroatoms. The van der Waals surface area contributed by atoms with Crippen LogP contribution in [0, 0.1) is 10.1 Å². The summed E-state index contributed by atoms with van der Waals surface area (Å²) in [6.45, 7) is 4.70. The maximum absolute atomic E-state index is 11.1. The highest BCUT2D eigenvalue weighted by Gasteiger charge is 2.14. The van der Waals surface area contributed by atoms with Crippen LogP contribution in [-0.2, 0) is 19.4 Å². The Morgan fingerprint density at radius 3 is 2.62 bits per heavy atom. The van der Waals surface area contributed by atoms with Gasteiger partial charge in [0.15, 0.2) is 0 Å². The number of nitro benzene ring substituents is 1. The number of nitro groups is 1. The Bertz CT molecular complexity index is 649. The first kappa shape index (κ1) is 15.0. The van der Waals surface area contributed by atoms with Gasteiger partial charge in [0.25, 0.3) is 5.69 Å². The normalized spacial score (nSPS) is 10.6. The van der Waals surface area contributed by atoms with E-state index in [0.29, 0.717) is 12.2 Å². The Morgan fingerprint density at radius 1 is 1.29 bits per heavy atom. The molecule has 1 heterocycles. The molecule has 0 amide bonds. The lowest BCUT2D eigenvalue weighted by molar-refractivity contribution is -0.384. The minimum Gasteiger partial charge on any atom is -0.383 e. The van der Waals surface area contributed by atoms with Crippen molar-refractivity contribution in [3.05, 3.63) is 51.3 Å². The van der Waals surface area contributed by atoms with Crippen LogP contribution in [0.2, 0.25) is 0 Å². The van der Waals surface area contributed by atoms with E-state index < -0.39 is 0 Å². The molecule has 1 aromatic heterocycles. The fourth-order valence-corrected chi connectivity index (χ4v) is 2.32. The lowest BCUT2D eigenvalue weighted by Crippen LogP contribution is -2.07. The Balaban J connectivity index is 2.33. The lowest BCUT2D eigenvalue weighted by Gasteiger charge is -2.08. The largest absolute Gasteiger partial charge is 0.383 e. The molecule has 0 aliphatic rings. The summed E-state index contributed by atoms with van der Waals surface area (Å²) in [4.78, 5) is 10.7. The molecule has 0 radical (unpaired) electrons. The SMILES string of the molecule is CCc1cc(CC)n(Cc2ccc(NC)c([N+](=O)[O-])c2)n1. The van der Waals surface area contributed by atoms with Crippen LogP contribution in [0.15, 0.2) is 24.3 Å². The molecule has 0 bridgehead atoms. The van der Waals surface area contributed by atoms with Gasteiger partial charge in [-0.05, 0) is 30.5 Å². The number of anilines is 1. The molecule has 0 atom stereocenters. The quantitative estimate of drug-likeness (QED) is 0.655. The van der Waals surface area contributed by atoms with Gasteiger partial charge >= 0.3 is 0 Å². The molecule has 0 spiro atoms. The summed E-state index contributed by atoms with van der Waals surface area (Å²) in [5.41, 5.74) is 3.69. The molecule has 0 saturated carbocycles. The van der Waals surface area contributed by atoms with Crippen molar-refractivity contribution in [2.75, 3.05) is 12.4 Å². The summed E-state index contributed by atoms with van der Waals surface area (Å²) in [6.07, 6.45) is 1.78. The average Bonchev–Trinajstić information content (AvgIpc) is 2.89. The Hall–Kier alpha value is -2.37. The van der Waals surface area contributed by atoms with Gasteiger partial charge in [-0.3, -0.25) is 14.8 Å². The Labute approximate surface area is 123 Å². The maximum Gasteiger partial charge on any atom is 0.292 e. The number of hydrogen-bond donors (Lipinski definition) is 1. The van der Waals surface area contributed by atoms with E-state index >= 15 is 0 Å². The molecule has 2 aromatic rings. The van der Waals surface area contributed by atoms with Crippen LogP contribution in [0.1, 0.15) is 30.8 Å². The maximum atomic E-state index is 11.1. The first-order valence-electron chi connectivity index (χ1n) is 7.09. The van der Waals surface area contributed by atoms with Gasteiger partial charge in [-0.15, -0.1) is 0 Å². The third-order valence-corrected chi connectivity index (χ3v) is 3.50. The van der Waals surface area contributed by atoms with E-state index in [4.69, 9.17) is 0 Å². The highest BCUT2D eigenvalue weighted by Crippen LogP contribution is 2.25. The second kappa shape index (κ2) is 6.39. The van der Waals surface area contributed by atoms with E-state index in [1.165, 1.54) is 0 Å². The summed E-state index contributed by atoms with van der Waals surface area (Å²) in [5.74, 6) is 0. The number of benzene rings is 1. The zero-order valence-corrected chi connectivity index (χ0v) is 12.6. The standard InChI is InChI=1S/C15H20N4O2/c1-4-12-9-13(5-2)18(17-12)10-11-6-7-14(16-3)15(8-11)19(20)21/h6-9,16H,4-5,10H2,1-3H3. The van der Waals surface area contributed by atoms with Crippen molar-refractivity contribution in [2.45, 2.75) is 33.2 Å². The van der Waals surface area contributed by atoms with Crippen molar-refractivity contribution in [3.8, 4) is 0 Å². The van der Waals surface area contributed by atoms with Crippen LogP contribution in [0.3, 0.4) is 0 Å². The van der Waals surface area contributed by atoms with Crippen LogP contribution in [0.25, 0.3) is 0 Å². The highest BCUT2D eigenvalue weighted by atomic mass is 16.6. The summed E-state index contributed by atoms with van der Waals surface area (Å²) in [6, 6.07) is 7.34. The fraction of sp³-hybridized carbons (Fsp3) is 0.400. The molecule has 0 saturated heterocycles. The molecule has 6 nitrogen and oxygen atoms in total. The number of aryl methyl sites for hydroxylation is 2. The van der Waals surface area contributed by atoms with Gasteiger partial charge in [0.05, 0.1) is 17.2 Å². The van der Waals surface area contributed by atoms with E-state index in [2.05, 4.69) is 30.3 Å². The van der Waals surface area contributed by atoms with Crippen molar-refractivity contribution in [2.24, 2.45) is 0 Å². The Kier molecular flexibility index (Phi) is 4.57. The summed E-state index contributed by atoms with van der Waals surface area (Å²) >= 11 is 0. The van der Waals surface area contributed by atoms with E-state index in [1.54, 1.807) is 19.2 Å². The predicted octanol–water partition coefficient (Wildman–Crippen LogP) is 3.01. The topological polar surface area (TPSA) is 73.0 Å². The molecule has 0 aliphatic heterocycles. The van der Waals surface area contributed by atoms with Gasteiger partial charge in [0.2, 0.25) is 0 Å². The number of nitrogens with zero attached hydrogens (tertiary/aromatic N) is 3. The van der Waals surface area contributed by atoms with Crippen molar-refractivity contribution >= 4 is 11.4 Å². The predicted molar refractivity (Wildman–Crippen MR) is 82.7 cm³/mol. The number of aromatic nitrogens is 2. The first-order valence-corrected chi connectivity index (χ1v) is 7.09. The monoisotopic (exact) mass is 288 g/mol. The number of rotatable bonds is 6. The van der Waals surface area contributed by atoms with Crippen LogP contribution in [-0.4, -0.2) is 21.8 Å². The van der Waals surface area contributed by atoms with Gasteiger partial charge in [0.1, 0.15) is 5.69 Å². The number of hydrogen-bond acceptors (Lipinski definition) is 4. The molecule has 0 aliphatic carbocycles. The minimum atomic E-state index is -0.364. The third-order valence-electron chi connectivity index (χ3n) is 3.50. The van der Waals surface area contributed by atoms with Gasteiger partial charge in [-0.1, -0.05) is 19.9 Å². The van der Waals surface area contributed by atoms with Crippen LogP contribution in [0.4, 0.5) is 11.4 Å². The molecule has 1 aromatic carbocycles. The van der Waals surface area contributed by atoms with Crippen LogP contribution >= 0.6 is 0 Å². The van der Waals surface area contributed by atoms with Crippen molar-refractivity contribution in [1.82, 2.24) is 9.78 Å². The molecular formula is C15H20N4O2. The summed E-state index contributed by atoms with van der Waals surface area (Å²) in [5, 5.41) is 18.5. The first-order chi connectivity index (χ1) is 10.1. The summed E-state index contributed by atoms with van der Waals surface area (Å²) in [7, 11) is 1.68. The van der Waals surface area contributed by atoms with Crippen LogP contribution in [0.5, 0.6) is 0 Å². The van der Waals surface area contributed by atoms with E-state index in [-0.39, 0.29) is 10.6 Å². The van der Waals surface area contributed by atoms with Gasteiger partial charge in [-0.25, -0.2) is 0 Å². The third kappa shape index (κ3) is 3.21. The highest BCUT2D eigenvalue weighted by molar-refractivity contribution is 5.62. The lowest BCUT2D eigenvalue weighted by atomic mass is 10.1. The van der Waals surface area contributed by atoms with E-state index in [0.717, 1.165) is 29.8 Å². The number of nitrogens with one attached hydrogen (secondary N) is 1. The molecule has 1 N–H and O–H groups in total. The second-order valence-electron chi connectivity index (χ2n) is 4.85. The molecular weight excluding hydrogens is 268 g/mol. The molecule has 0 fully saturated rings. The van der Waals surface area contributed by atoms with E-state index in [1.807, 2.05) is 10.7 Å².